The predicted molar refractivity (Wildman–Crippen MR) is 84.8 cm³/mol. The van der Waals surface area contributed by atoms with E-state index in [1.165, 1.54) is 4.90 Å². The largest absolute Gasteiger partial charge is 0.481 e. The van der Waals surface area contributed by atoms with E-state index in [0.717, 1.165) is 11.1 Å². The maximum absolute atomic E-state index is 12.1. The van der Waals surface area contributed by atoms with Gasteiger partial charge in [-0.05, 0) is 18.9 Å². The summed E-state index contributed by atoms with van der Waals surface area (Å²) in [6, 6.07) is 7.68. The van der Waals surface area contributed by atoms with Crippen LogP contribution >= 0.6 is 0 Å². The average Bonchev–Trinajstić information content (AvgIpc) is 2.82. The number of aryl methyl sites for hydroxylation is 1. The topological polar surface area (TPSA) is 86.7 Å². The maximum Gasteiger partial charge on any atom is 0.308 e. The molecule has 1 heterocycles. The van der Waals surface area contributed by atoms with Gasteiger partial charge in [0.1, 0.15) is 0 Å². The highest BCUT2D eigenvalue weighted by Crippen LogP contribution is 2.16. The fourth-order valence-electron chi connectivity index (χ4n) is 2.78. The van der Waals surface area contributed by atoms with Gasteiger partial charge in [0.15, 0.2) is 0 Å². The number of carboxylic acids is 1. The monoisotopic (exact) mass is 318 g/mol. The summed E-state index contributed by atoms with van der Waals surface area (Å²) in [4.78, 5) is 36.5. The van der Waals surface area contributed by atoms with E-state index in [9.17, 15) is 19.5 Å². The Balaban J connectivity index is 1.91. The molecule has 0 radical (unpaired) electrons. The van der Waals surface area contributed by atoms with Gasteiger partial charge in [0.2, 0.25) is 11.8 Å². The van der Waals surface area contributed by atoms with Gasteiger partial charge in [0, 0.05) is 26.6 Å². The number of hydrogen-bond acceptors (Lipinski definition) is 3. The van der Waals surface area contributed by atoms with Crippen molar-refractivity contribution in [2.45, 2.75) is 19.8 Å². The molecule has 0 unspecified atom stereocenters. The summed E-state index contributed by atoms with van der Waals surface area (Å²) < 4.78 is 0. The summed E-state index contributed by atoms with van der Waals surface area (Å²) in [7, 11) is 1.66. The second-order valence-electron chi connectivity index (χ2n) is 6.15. The molecular formula is C17H22N2O4. The van der Waals surface area contributed by atoms with Crippen LogP contribution < -0.4 is 5.32 Å². The van der Waals surface area contributed by atoms with Crippen LogP contribution in [0.25, 0.3) is 0 Å². The van der Waals surface area contributed by atoms with Crippen molar-refractivity contribution < 1.29 is 19.5 Å². The summed E-state index contributed by atoms with van der Waals surface area (Å²) in [6.45, 7) is 2.41. The van der Waals surface area contributed by atoms with Crippen molar-refractivity contribution >= 4 is 17.8 Å². The Morgan fingerprint density at radius 3 is 2.74 bits per heavy atom. The van der Waals surface area contributed by atoms with Crippen LogP contribution in [-0.4, -0.2) is 47.9 Å². The Labute approximate surface area is 135 Å². The molecule has 1 aliphatic rings. The Morgan fingerprint density at radius 2 is 2.17 bits per heavy atom. The van der Waals surface area contributed by atoms with Gasteiger partial charge in [-0.3, -0.25) is 14.4 Å². The van der Waals surface area contributed by atoms with E-state index < -0.39 is 11.9 Å². The maximum atomic E-state index is 12.1. The second-order valence-corrected chi connectivity index (χ2v) is 6.15. The number of carbonyl (C=O) groups is 3. The van der Waals surface area contributed by atoms with Crippen LogP contribution in [0.4, 0.5) is 0 Å². The summed E-state index contributed by atoms with van der Waals surface area (Å²) in [5.41, 5.74) is 2.01. The Morgan fingerprint density at radius 1 is 1.43 bits per heavy atom. The first-order valence-electron chi connectivity index (χ1n) is 7.67. The molecule has 1 fully saturated rings. The van der Waals surface area contributed by atoms with Gasteiger partial charge in [-0.15, -0.1) is 0 Å². The van der Waals surface area contributed by atoms with E-state index in [-0.39, 0.29) is 30.7 Å². The lowest BCUT2D eigenvalue weighted by molar-refractivity contribution is -0.141. The van der Waals surface area contributed by atoms with Crippen molar-refractivity contribution in [3.8, 4) is 0 Å². The number of carboxylic acid groups (broad SMARTS) is 1. The van der Waals surface area contributed by atoms with Crippen molar-refractivity contribution in [3.63, 3.8) is 0 Å². The van der Waals surface area contributed by atoms with Crippen LogP contribution in [0.1, 0.15) is 17.5 Å². The predicted octanol–water partition coefficient (Wildman–Crippen LogP) is 0.833. The SMILES string of the molecule is Cc1cccc(C[C@@H](CNC(=O)[C@H]2CC(=O)N(C)C2)C(=O)O)c1. The zero-order chi connectivity index (χ0) is 17.0. The lowest BCUT2D eigenvalue weighted by atomic mass is 9.98. The number of nitrogens with one attached hydrogen (secondary N) is 1. The molecule has 124 valence electrons. The van der Waals surface area contributed by atoms with Gasteiger partial charge in [-0.1, -0.05) is 29.8 Å². The van der Waals surface area contributed by atoms with Crippen molar-refractivity contribution in [1.29, 1.82) is 0 Å². The molecule has 23 heavy (non-hydrogen) atoms. The minimum atomic E-state index is -0.938. The third-order valence-corrected chi connectivity index (χ3v) is 4.15. The first-order valence-corrected chi connectivity index (χ1v) is 7.67. The van der Waals surface area contributed by atoms with Crippen LogP contribution in [0.3, 0.4) is 0 Å². The number of aliphatic carboxylic acids is 1. The number of nitrogens with zero attached hydrogens (tertiary/aromatic N) is 1. The third-order valence-electron chi connectivity index (χ3n) is 4.15. The molecular weight excluding hydrogens is 296 g/mol. The minimum Gasteiger partial charge on any atom is -0.481 e. The third kappa shape index (κ3) is 4.55. The number of benzene rings is 1. The van der Waals surface area contributed by atoms with E-state index in [2.05, 4.69) is 5.32 Å². The van der Waals surface area contributed by atoms with Crippen LogP contribution in [0.5, 0.6) is 0 Å². The molecule has 0 spiro atoms. The molecule has 6 nitrogen and oxygen atoms in total. The van der Waals surface area contributed by atoms with Crippen molar-refractivity contribution in [2.24, 2.45) is 11.8 Å². The summed E-state index contributed by atoms with van der Waals surface area (Å²) in [5, 5.41) is 12.0. The van der Waals surface area contributed by atoms with Gasteiger partial charge in [0.25, 0.3) is 0 Å². The standard InChI is InChI=1S/C17H22N2O4/c1-11-4-3-5-12(6-11)7-13(17(22)23)9-18-16(21)14-8-15(20)19(2)10-14/h3-6,13-14H,7-10H2,1-2H3,(H,18,21)(H,22,23)/t13-,14-/m0/s1. The molecule has 0 aliphatic carbocycles. The molecule has 1 saturated heterocycles. The van der Waals surface area contributed by atoms with Crippen molar-refractivity contribution in [3.05, 3.63) is 35.4 Å². The fraction of sp³-hybridized carbons (Fsp3) is 0.471. The first-order chi connectivity index (χ1) is 10.9. The Bertz CT molecular complexity index is 614. The smallest absolute Gasteiger partial charge is 0.308 e. The average molecular weight is 318 g/mol. The van der Waals surface area contributed by atoms with Crippen LogP contribution in [0, 0.1) is 18.8 Å². The number of rotatable bonds is 6. The molecule has 2 rings (SSSR count). The molecule has 2 atom stereocenters. The number of amides is 2. The molecule has 1 aromatic carbocycles. The van der Waals surface area contributed by atoms with Gasteiger partial charge in [-0.25, -0.2) is 0 Å². The van der Waals surface area contributed by atoms with E-state index in [0.29, 0.717) is 13.0 Å². The summed E-state index contributed by atoms with van der Waals surface area (Å²) >= 11 is 0. The molecule has 1 aromatic rings. The molecule has 2 amide bonds. The van der Waals surface area contributed by atoms with Gasteiger partial charge in [0.05, 0.1) is 11.8 Å². The molecule has 1 aliphatic heterocycles. The number of carbonyl (C=O) groups excluding carboxylic acids is 2. The van der Waals surface area contributed by atoms with Gasteiger partial charge < -0.3 is 15.3 Å². The van der Waals surface area contributed by atoms with E-state index >= 15 is 0 Å². The van der Waals surface area contributed by atoms with Crippen molar-refractivity contribution in [1.82, 2.24) is 10.2 Å². The van der Waals surface area contributed by atoms with Gasteiger partial charge in [-0.2, -0.15) is 0 Å². The van der Waals surface area contributed by atoms with Gasteiger partial charge >= 0.3 is 5.97 Å². The highest BCUT2D eigenvalue weighted by molar-refractivity contribution is 5.89. The van der Waals surface area contributed by atoms with Crippen LogP contribution in [0.2, 0.25) is 0 Å². The second kappa shape index (κ2) is 7.26. The summed E-state index contributed by atoms with van der Waals surface area (Å²) in [6.07, 6.45) is 0.554. The van der Waals surface area contributed by atoms with E-state index in [1.807, 2.05) is 31.2 Å². The molecule has 6 heteroatoms. The summed E-state index contributed by atoms with van der Waals surface area (Å²) in [5.74, 6) is -2.32. The quantitative estimate of drug-likeness (QED) is 0.813. The molecule has 0 aromatic heterocycles. The van der Waals surface area contributed by atoms with Crippen molar-refractivity contribution in [2.75, 3.05) is 20.1 Å². The van der Waals surface area contributed by atoms with Crippen LogP contribution in [0.15, 0.2) is 24.3 Å². The van der Waals surface area contributed by atoms with E-state index in [4.69, 9.17) is 0 Å². The number of hydrogen-bond donors (Lipinski definition) is 2. The zero-order valence-electron chi connectivity index (χ0n) is 13.4. The van der Waals surface area contributed by atoms with Crippen LogP contribution in [-0.2, 0) is 20.8 Å². The Kier molecular flexibility index (Phi) is 5.36. The zero-order valence-corrected chi connectivity index (χ0v) is 13.4. The fourth-order valence-corrected chi connectivity index (χ4v) is 2.78. The Hall–Kier alpha value is -2.37. The normalized spacial score (nSPS) is 18.8. The lowest BCUT2D eigenvalue weighted by Gasteiger charge is -2.16. The molecule has 0 bridgehead atoms. The minimum absolute atomic E-state index is 0.0558. The lowest BCUT2D eigenvalue weighted by Crippen LogP contribution is -2.38. The molecule has 2 N–H and O–H groups in total. The van der Waals surface area contributed by atoms with E-state index in [1.54, 1.807) is 7.05 Å². The molecule has 0 saturated carbocycles. The highest BCUT2D eigenvalue weighted by atomic mass is 16.4. The first kappa shape index (κ1) is 17.0. The number of likely N-dealkylation sites (tertiary alicyclic amines) is 1. The highest BCUT2D eigenvalue weighted by Gasteiger charge is 2.32.